The van der Waals surface area contributed by atoms with Crippen LogP contribution in [0.2, 0.25) is 0 Å². The van der Waals surface area contributed by atoms with Gasteiger partial charge < -0.3 is 45.6 Å². The summed E-state index contributed by atoms with van der Waals surface area (Å²) in [6.45, 7) is 39.2. The second-order valence-corrected chi connectivity index (χ2v) is 16.3. The van der Waals surface area contributed by atoms with Crippen molar-refractivity contribution in [3.05, 3.63) is 16.0 Å². The third-order valence-corrected chi connectivity index (χ3v) is 5.82. The predicted molar refractivity (Wildman–Crippen MR) is 192 cm³/mol. The van der Waals surface area contributed by atoms with Crippen molar-refractivity contribution in [1.29, 1.82) is 0 Å². The molecule has 0 aromatic rings. The van der Waals surface area contributed by atoms with E-state index in [1.54, 1.807) is 42.3 Å². The molecule has 0 saturated heterocycles. The van der Waals surface area contributed by atoms with Gasteiger partial charge in [0.25, 0.3) is 0 Å². The van der Waals surface area contributed by atoms with Crippen molar-refractivity contribution < 1.29 is 32.7 Å². The molecule has 9 nitrogen and oxygen atoms in total. The van der Waals surface area contributed by atoms with Crippen molar-refractivity contribution in [3.8, 4) is 0 Å². The Balaban J connectivity index is -0.000000262. The molecular weight excluding hydrogens is 611 g/mol. The molecule has 0 aliphatic rings. The summed E-state index contributed by atoms with van der Waals surface area (Å²) in [6, 6.07) is 0. The Labute approximate surface area is 294 Å². The standard InChI is InChI=1S/3C11H24N3.Y/c3*1-10(2,3)14(11(4,5)6)9(12-7)13-8;/h3*1-8H3;/q3*-1;+3. The maximum atomic E-state index is 4.22. The predicted octanol–water partition coefficient (Wildman–Crippen LogP) is 8.62. The molecule has 252 valence electrons. The first-order valence-corrected chi connectivity index (χ1v) is 15.0. The molecule has 0 aliphatic heterocycles. The van der Waals surface area contributed by atoms with Crippen LogP contribution >= 0.6 is 0 Å². The van der Waals surface area contributed by atoms with E-state index in [9.17, 15) is 0 Å². The van der Waals surface area contributed by atoms with Crippen molar-refractivity contribution in [1.82, 2.24) is 14.7 Å². The summed E-state index contributed by atoms with van der Waals surface area (Å²) in [5, 5.41) is 12.6. The molecular formula is C33H72N9Y. The number of rotatable bonds is 0. The monoisotopic (exact) mass is 683 g/mol. The molecule has 0 radical (unpaired) electrons. The van der Waals surface area contributed by atoms with E-state index in [0.717, 1.165) is 17.9 Å². The number of aliphatic imine (C=N–C) groups is 3. The van der Waals surface area contributed by atoms with Crippen LogP contribution in [-0.4, -0.2) is 108 Å². The first-order valence-electron chi connectivity index (χ1n) is 15.0. The van der Waals surface area contributed by atoms with Crippen LogP contribution in [0, 0.1) is 0 Å². The van der Waals surface area contributed by atoms with Crippen molar-refractivity contribution in [2.75, 3.05) is 42.3 Å². The van der Waals surface area contributed by atoms with Gasteiger partial charge in [0.15, 0.2) is 0 Å². The van der Waals surface area contributed by atoms with Crippen molar-refractivity contribution >= 4 is 17.9 Å². The van der Waals surface area contributed by atoms with Crippen LogP contribution in [0.25, 0.3) is 16.0 Å². The van der Waals surface area contributed by atoms with Gasteiger partial charge in [0.2, 0.25) is 0 Å². The summed E-state index contributed by atoms with van der Waals surface area (Å²) in [7, 11) is 10.7. The Kier molecular flexibility index (Phi) is 21.3. The van der Waals surface area contributed by atoms with E-state index in [-0.39, 0.29) is 65.9 Å². The van der Waals surface area contributed by atoms with Crippen molar-refractivity contribution in [2.45, 2.75) is 158 Å². The number of nitrogens with zero attached hydrogens (tertiary/aromatic N) is 9. The topological polar surface area (TPSA) is 89.1 Å². The first-order chi connectivity index (χ1) is 18.4. The van der Waals surface area contributed by atoms with Gasteiger partial charge in [0.1, 0.15) is 0 Å². The average molecular weight is 684 g/mol. The summed E-state index contributed by atoms with van der Waals surface area (Å²) < 4.78 is 0. The Morgan fingerprint density at radius 1 is 0.349 bits per heavy atom. The maximum absolute atomic E-state index is 4.22. The van der Waals surface area contributed by atoms with Crippen LogP contribution in [0.15, 0.2) is 15.0 Å². The van der Waals surface area contributed by atoms with E-state index < -0.39 is 0 Å². The fraction of sp³-hybridized carbons (Fsp3) is 0.909. The van der Waals surface area contributed by atoms with Crippen LogP contribution in [0.1, 0.15) is 125 Å². The van der Waals surface area contributed by atoms with E-state index in [2.05, 4.69) is 170 Å². The fourth-order valence-electron chi connectivity index (χ4n) is 5.72. The molecule has 0 rings (SSSR count). The molecule has 43 heavy (non-hydrogen) atoms. The molecule has 0 unspecified atom stereocenters. The molecule has 0 N–H and O–H groups in total. The molecule has 0 spiro atoms. The minimum Gasteiger partial charge on any atom is -0.416 e. The third kappa shape index (κ3) is 17.9. The van der Waals surface area contributed by atoms with E-state index in [4.69, 9.17) is 0 Å². The number of guanidine groups is 3. The minimum absolute atomic E-state index is 0. The quantitative estimate of drug-likeness (QED) is 0.189. The van der Waals surface area contributed by atoms with Gasteiger partial charge in [0.05, 0.1) is 0 Å². The summed E-state index contributed by atoms with van der Waals surface area (Å²) in [5.41, 5.74) is 0.206. The molecule has 0 aromatic heterocycles. The molecule has 0 aromatic carbocycles. The molecule has 0 saturated carbocycles. The Hall–Kier alpha value is -1.09. The summed E-state index contributed by atoms with van der Waals surface area (Å²) >= 11 is 0. The van der Waals surface area contributed by atoms with Gasteiger partial charge in [-0.05, 0) is 75.5 Å². The smallest absolute Gasteiger partial charge is 0.416 e. The van der Waals surface area contributed by atoms with E-state index in [1.807, 2.05) is 0 Å². The van der Waals surface area contributed by atoms with Gasteiger partial charge in [-0.1, -0.05) is 125 Å². The molecule has 0 fully saturated rings. The summed E-state index contributed by atoms with van der Waals surface area (Å²) in [5.74, 6) is 2.43. The zero-order valence-corrected chi connectivity index (χ0v) is 35.9. The SMILES string of the molecule is CN=C([N-]C)N(C(C)(C)C)C(C)(C)C.CN=C([N-]C)N(C(C)(C)C)C(C)(C)C.CN=C([N-]C)N(C(C)(C)C)C(C)(C)C.[Y+3]. The minimum atomic E-state index is 0. The molecule has 0 heterocycles. The van der Waals surface area contributed by atoms with Gasteiger partial charge in [-0.25, -0.2) is 0 Å². The van der Waals surface area contributed by atoms with Gasteiger partial charge in [-0.3, -0.25) is 0 Å². The van der Waals surface area contributed by atoms with E-state index in [1.165, 1.54) is 0 Å². The van der Waals surface area contributed by atoms with Gasteiger partial charge >= 0.3 is 32.7 Å². The van der Waals surface area contributed by atoms with Crippen LogP contribution in [0.5, 0.6) is 0 Å². The summed E-state index contributed by atoms with van der Waals surface area (Å²) in [4.78, 5) is 19.4. The van der Waals surface area contributed by atoms with Crippen molar-refractivity contribution in [3.63, 3.8) is 0 Å². The fourth-order valence-corrected chi connectivity index (χ4v) is 5.72. The molecule has 0 aliphatic carbocycles. The second-order valence-electron chi connectivity index (χ2n) is 16.3. The molecule has 0 atom stereocenters. The molecule has 10 heteroatoms. The van der Waals surface area contributed by atoms with Gasteiger partial charge in [0, 0.05) is 17.9 Å². The largest absolute Gasteiger partial charge is 3.00 e. The van der Waals surface area contributed by atoms with Crippen LogP contribution in [0.3, 0.4) is 0 Å². The van der Waals surface area contributed by atoms with Crippen LogP contribution in [0.4, 0.5) is 0 Å². The zero-order chi connectivity index (χ0) is 34.7. The average Bonchev–Trinajstić information content (AvgIpc) is 2.74. The zero-order valence-electron chi connectivity index (χ0n) is 33.1. The first kappa shape index (κ1) is 48.8. The Morgan fingerprint density at radius 2 is 0.465 bits per heavy atom. The number of hydrogen-bond donors (Lipinski definition) is 0. The Morgan fingerprint density at radius 3 is 0.488 bits per heavy atom. The summed E-state index contributed by atoms with van der Waals surface area (Å²) in [6.07, 6.45) is 0. The van der Waals surface area contributed by atoms with Crippen LogP contribution in [-0.2, 0) is 32.7 Å². The third-order valence-electron chi connectivity index (χ3n) is 5.82. The van der Waals surface area contributed by atoms with Crippen LogP contribution < -0.4 is 0 Å². The van der Waals surface area contributed by atoms with E-state index >= 15 is 0 Å². The Bertz CT molecular complexity index is 696. The maximum Gasteiger partial charge on any atom is 3.00 e. The molecule has 0 bridgehead atoms. The van der Waals surface area contributed by atoms with Crippen molar-refractivity contribution in [2.24, 2.45) is 15.0 Å². The normalized spacial score (nSPS) is 13.8. The number of hydrogen-bond acceptors (Lipinski definition) is 3. The van der Waals surface area contributed by atoms with Gasteiger partial charge in [-0.2, -0.15) is 0 Å². The van der Waals surface area contributed by atoms with E-state index in [0.29, 0.717) is 0 Å². The van der Waals surface area contributed by atoms with Gasteiger partial charge in [-0.15, -0.1) is 0 Å². The second kappa shape index (κ2) is 18.8. The molecule has 0 amide bonds.